The van der Waals surface area contributed by atoms with Crippen molar-refractivity contribution in [2.75, 3.05) is 11.1 Å². The quantitative estimate of drug-likeness (QED) is 0.367. The maximum Gasteiger partial charge on any atom is 0.195 e. The van der Waals surface area contributed by atoms with Crippen LogP contribution in [0.25, 0.3) is 10.9 Å². The van der Waals surface area contributed by atoms with Crippen molar-refractivity contribution in [2.24, 2.45) is 0 Å². The number of anilines is 3. The molecule has 4 rings (SSSR count). The van der Waals surface area contributed by atoms with Crippen LogP contribution in [0.3, 0.4) is 0 Å². The van der Waals surface area contributed by atoms with Crippen LogP contribution in [-0.2, 0) is 0 Å². The van der Waals surface area contributed by atoms with E-state index >= 15 is 0 Å². The first-order valence-corrected chi connectivity index (χ1v) is 9.00. The Balaban J connectivity index is 1.78. The van der Waals surface area contributed by atoms with Crippen LogP contribution >= 0.6 is 11.8 Å². The number of para-hydroxylation sites is 1. The highest BCUT2D eigenvalue weighted by Crippen LogP contribution is 2.31. The molecule has 0 spiro atoms. The number of nitrogens with one attached hydrogen (secondary N) is 2. The predicted molar refractivity (Wildman–Crippen MR) is 106 cm³/mol. The molecule has 0 atom stereocenters. The van der Waals surface area contributed by atoms with Crippen molar-refractivity contribution in [1.82, 2.24) is 20.2 Å². The minimum Gasteiger partial charge on any atom is -0.399 e. The van der Waals surface area contributed by atoms with Gasteiger partial charge in [0.15, 0.2) is 11.0 Å². The van der Waals surface area contributed by atoms with Gasteiger partial charge in [-0.3, -0.25) is 5.10 Å². The summed E-state index contributed by atoms with van der Waals surface area (Å²) in [5.41, 5.74) is 9.52. The lowest BCUT2D eigenvalue weighted by Crippen LogP contribution is -2.00. The fourth-order valence-electron chi connectivity index (χ4n) is 2.66. The van der Waals surface area contributed by atoms with E-state index in [9.17, 15) is 0 Å². The number of aromatic nitrogens is 4. The number of fused-ring (bicyclic) bond motifs is 1. The topological polar surface area (TPSA) is 92.5 Å². The zero-order valence-corrected chi connectivity index (χ0v) is 15.3. The molecular formula is C19H18N6S. The number of H-pyrrole nitrogens is 1. The van der Waals surface area contributed by atoms with Crippen LogP contribution in [0.4, 0.5) is 17.3 Å². The van der Waals surface area contributed by atoms with E-state index < -0.39 is 0 Å². The molecule has 130 valence electrons. The van der Waals surface area contributed by atoms with E-state index in [4.69, 9.17) is 15.7 Å². The van der Waals surface area contributed by atoms with Crippen molar-refractivity contribution in [3.05, 3.63) is 59.8 Å². The Morgan fingerprint density at radius 2 is 1.85 bits per heavy atom. The molecule has 0 aliphatic heterocycles. The van der Waals surface area contributed by atoms with Gasteiger partial charge in [0.2, 0.25) is 0 Å². The number of nitrogens with zero attached hydrogens (tertiary/aromatic N) is 3. The molecule has 6 nitrogen and oxygen atoms in total. The third-order valence-corrected chi connectivity index (χ3v) is 4.82. The summed E-state index contributed by atoms with van der Waals surface area (Å²) in [6.45, 7) is 4.01. The van der Waals surface area contributed by atoms with Crippen LogP contribution in [0.15, 0.2) is 58.6 Å². The van der Waals surface area contributed by atoms with Crippen LogP contribution in [0, 0.1) is 13.8 Å². The average Bonchev–Trinajstić information content (AvgIpc) is 3.03. The first kappa shape index (κ1) is 16.4. The van der Waals surface area contributed by atoms with Gasteiger partial charge in [0, 0.05) is 27.7 Å². The Morgan fingerprint density at radius 1 is 1.04 bits per heavy atom. The lowest BCUT2D eigenvalue weighted by molar-refractivity contribution is 0.997. The Hall–Kier alpha value is -3.06. The van der Waals surface area contributed by atoms with E-state index in [2.05, 4.69) is 28.5 Å². The molecule has 2 aromatic carbocycles. The normalized spacial score (nSPS) is 11.0. The van der Waals surface area contributed by atoms with Crippen molar-refractivity contribution < 1.29 is 0 Å². The number of nitrogen functional groups attached to an aromatic ring is 1. The zero-order chi connectivity index (χ0) is 18.1. The maximum absolute atomic E-state index is 5.77. The standard InChI is InChI=1S/C19H18N6S/c1-11-4-3-5-15-17(11)22-19(26-14-8-6-13(20)7-9-14)23-18(15)21-16-10-12(2)24-25-16/h3-10H,20H2,1-2H3,(H2,21,22,23,24,25). The Kier molecular flexibility index (Phi) is 4.22. The Morgan fingerprint density at radius 3 is 2.58 bits per heavy atom. The minimum atomic E-state index is 0.673. The third-order valence-electron chi connectivity index (χ3n) is 3.95. The van der Waals surface area contributed by atoms with Crippen molar-refractivity contribution in [2.45, 2.75) is 23.9 Å². The first-order chi connectivity index (χ1) is 12.6. The monoisotopic (exact) mass is 362 g/mol. The van der Waals surface area contributed by atoms with Gasteiger partial charge in [-0.15, -0.1) is 0 Å². The fourth-order valence-corrected chi connectivity index (χ4v) is 3.42. The molecule has 2 aromatic heterocycles. The van der Waals surface area contributed by atoms with Crippen LogP contribution in [0.2, 0.25) is 0 Å². The maximum atomic E-state index is 5.77. The number of aryl methyl sites for hydroxylation is 2. The zero-order valence-electron chi connectivity index (χ0n) is 14.4. The molecule has 0 aliphatic rings. The molecule has 0 bridgehead atoms. The van der Waals surface area contributed by atoms with Crippen molar-refractivity contribution in [3.63, 3.8) is 0 Å². The number of aromatic amines is 1. The molecule has 0 fully saturated rings. The van der Waals surface area contributed by atoms with Gasteiger partial charge in [0.25, 0.3) is 0 Å². The number of benzene rings is 2. The van der Waals surface area contributed by atoms with Crippen molar-refractivity contribution in [1.29, 1.82) is 0 Å². The Labute approximate surface area is 155 Å². The average molecular weight is 362 g/mol. The first-order valence-electron chi connectivity index (χ1n) is 8.18. The van der Waals surface area contributed by atoms with E-state index in [0.717, 1.165) is 44.4 Å². The molecule has 26 heavy (non-hydrogen) atoms. The van der Waals surface area contributed by atoms with Crippen molar-refractivity contribution >= 4 is 40.0 Å². The van der Waals surface area contributed by atoms with Crippen LogP contribution in [0.5, 0.6) is 0 Å². The third kappa shape index (κ3) is 3.34. The van der Waals surface area contributed by atoms with Gasteiger partial charge in [0.05, 0.1) is 5.52 Å². The van der Waals surface area contributed by atoms with Gasteiger partial charge in [-0.1, -0.05) is 12.1 Å². The van der Waals surface area contributed by atoms with E-state index in [0.29, 0.717) is 5.16 Å². The molecule has 0 saturated carbocycles. The molecule has 0 radical (unpaired) electrons. The summed E-state index contributed by atoms with van der Waals surface area (Å²) in [5.74, 6) is 1.47. The highest BCUT2D eigenvalue weighted by Gasteiger charge is 2.12. The number of hydrogen-bond acceptors (Lipinski definition) is 6. The van der Waals surface area contributed by atoms with E-state index in [1.165, 1.54) is 11.8 Å². The summed E-state index contributed by atoms with van der Waals surface area (Å²) in [4.78, 5) is 10.5. The summed E-state index contributed by atoms with van der Waals surface area (Å²) in [6.07, 6.45) is 0. The molecule has 4 N–H and O–H groups in total. The fraction of sp³-hybridized carbons (Fsp3) is 0.105. The van der Waals surface area contributed by atoms with Gasteiger partial charge in [0.1, 0.15) is 5.82 Å². The van der Waals surface area contributed by atoms with Gasteiger partial charge in [-0.2, -0.15) is 5.10 Å². The summed E-state index contributed by atoms with van der Waals surface area (Å²) in [5, 5.41) is 12.1. The van der Waals surface area contributed by atoms with Crippen LogP contribution in [-0.4, -0.2) is 20.2 Å². The van der Waals surface area contributed by atoms with E-state index in [-0.39, 0.29) is 0 Å². The van der Waals surface area contributed by atoms with Crippen LogP contribution in [0.1, 0.15) is 11.3 Å². The molecule has 7 heteroatoms. The summed E-state index contributed by atoms with van der Waals surface area (Å²) >= 11 is 1.50. The SMILES string of the molecule is Cc1cc(Nc2nc(Sc3ccc(N)cc3)nc3c(C)cccc23)n[nH]1. The van der Waals surface area contributed by atoms with Gasteiger partial charge in [-0.05, 0) is 61.5 Å². The molecule has 4 aromatic rings. The molecule has 0 aliphatic carbocycles. The van der Waals surface area contributed by atoms with E-state index in [1.54, 1.807) is 0 Å². The number of nitrogens with two attached hydrogens (primary N) is 1. The minimum absolute atomic E-state index is 0.673. The lowest BCUT2D eigenvalue weighted by Gasteiger charge is -2.10. The summed E-state index contributed by atoms with van der Waals surface area (Å²) in [7, 11) is 0. The number of rotatable bonds is 4. The smallest absolute Gasteiger partial charge is 0.195 e. The van der Waals surface area contributed by atoms with Crippen LogP contribution < -0.4 is 11.1 Å². The molecular weight excluding hydrogens is 344 g/mol. The largest absolute Gasteiger partial charge is 0.399 e. The van der Waals surface area contributed by atoms with Gasteiger partial charge < -0.3 is 11.1 Å². The molecule has 0 unspecified atom stereocenters. The second-order valence-corrected chi connectivity index (χ2v) is 7.10. The highest BCUT2D eigenvalue weighted by atomic mass is 32.2. The predicted octanol–water partition coefficient (Wildman–Crippen LogP) is 4.45. The second-order valence-electron chi connectivity index (χ2n) is 6.06. The molecule has 2 heterocycles. The summed E-state index contributed by atoms with van der Waals surface area (Å²) in [6, 6.07) is 15.7. The summed E-state index contributed by atoms with van der Waals surface area (Å²) < 4.78 is 0. The molecule has 0 amide bonds. The Bertz CT molecular complexity index is 1070. The lowest BCUT2D eigenvalue weighted by atomic mass is 10.1. The molecule has 0 saturated heterocycles. The number of hydrogen-bond donors (Lipinski definition) is 3. The van der Waals surface area contributed by atoms with Gasteiger partial charge in [-0.25, -0.2) is 9.97 Å². The van der Waals surface area contributed by atoms with Crippen molar-refractivity contribution in [3.8, 4) is 0 Å². The second kappa shape index (κ2) is 6.68. The van der Waals surface area contributed by atoms with Gasteiger partial charge >= 0.3 is 0 Å². The highest BCUT2D eigenvalue weighted by molar-refractivity contribution is 7.99. The van der Waals surface area contributed by atoms with E-state index in [1.807, 2.05) is 49.4 Å².